The summed E-state index contributed by atoms with van der Waals surface area (Å²) < 4.78 is 0. The van der Waals surface area contributed by atoms with Crippen molar-refractivity contribution in [2.24, 2.45) is 0 Å². The van der Waals surface area contributed by atoms with Crippen LogP contribution in [0.5, 0.6) is 0 Å². The highest BCUT2D eigenvalue weighted by molar-refractivity contribution is 5.84. The van der Waals surface area contributed by atoms with E-state index in [2.05, 4.69) is 6.92 Å². The molecule has 0 fully saturated rings. The van der Waals surface area contributed by atoms with Crippen molar-refractivity contribution in [2.75, 3.05) is 0 Å². The number of aliphatic hydroxyl groups is 1. The van der Waals surface area contributed by atoms with E-state index < -0.39 is 6.10 Å². The molecule has 0 spiro atoms. The van der Waals surface area contributed by atoms with E-state index >= 15 is 0 Å². The molecule has 1 aromatic rings. The number of aryl methyl sites for hydroxylation is 1. The second kappa shape index (κ2) is 4.91. The first kappa shape index (κ1) is 10.9. The van der Waals surface area contributed by atoms with Gasteiger partial charge in [-0.25, -0.2) is 0 Å². The first-order valence-corrected chi connectivity index (χ1v) is 4.92. The number of carbonyl (C=O) groups is 1. The summed E-state index contributed by atoms with van der Waals surface area (Å²) >= 11 is 0. The second-order valence-corrected chi connectivity index (χ2v) is 3.49. The maximum atomic E-state index is 11.2. The van der Waals surface area contributed by atoms with E-state index in [1.165, 1.54) is 12.5 Å². The van der Waals surface area contributed by atoms with Crippen LogP contribution in [0.4, 0.5) is 0 Å². The molecule has 14 heavy (non-hydrogen) atoms. The molecule has 1 atom stereocenters. The lowest BCUT2D eigenvalue weighted by molar-refractivity contribution is -0.125. The monoisotopic (exact) mass is 192 g/mol. The van der Waals surface area contributed by atoms with Crippen LogP contribution < -0.4 is 0 Å². The van der Waals surface area contributed by atoms with Gasteiger partial charge < -0.3 is 5.11 Å². The van der Waals surface area contributed by atoms with E-state index in [0.29, 0.717) is 6.42 Å². The van der Waals surface area contributed by atoms with Crippen molar-refractivity contribution in [2.45, 2.75) is 32.8 Å². The van der Waals surface area contributed by atoms with Crippen LogP contribution in [-0.4, -0.2) is 17.0 Å². The molecule has 0 aromatic heterocycles. The molecule has 2 heteroatoms. The Morgan fingerprint density at radius 1 is 1.29 bits per heavy atom. The highest BCUT2D eigenvalue weighted by atomic mass is 16.3. The highest BCUT2D eigenvalue weighted by Gasteiger charge is 2.09. The smallest absolute Gasteiger partial charge is 0.165 e. The van der Waals surface area contributed by atoms with Gasteiger partial charge in [-0.3, -0.25) is 4.79 Å². The topological polar surface area (TPSA) is 37.3 Å². The number of aliphatic hydroxyl groups excluding tert-OH is 1. The molecule has 0 heterocycles. The Balaban J connectivity index is 2.64. The van der Waals surface area contributed by atoms with Crippen LogP contribution in [0.3, 0.4) is 0 Å². The molecule has 0 saturated carbocycles. The largest absolute Gasteiger partial charge is 0.386 e. The van der Waals surface area contributed by atoms with Crippen molar-refractivity contribution in [3.63, 3.8) is 0 Å². The van der Waals surface area contributed by atoms with Crippen LogP contribution in [0.1, 0.15) is 25.0 Å². The maximum Gasteiger partial charge on any atom is 0.165 e. The Labute approximate surface area is 84.6 Å². The molecule has 0 aliphatic rings. The molecule has 0 saturated heterocycles. The van der Waals surface area contributed by atoms with E-state index in [0.717, 1.165) is 12.0 Å². The van der Waals surface area contributed by atoms with Crippen molar-refractivity contribution >= 4 is 5.78 Å². The Morgan fingerprint density at radius 2 is 1.79 bits per heavy atom. The zero-order valence-electron chi connectivity index (χ0n) is 8.66. The molecule has 1 rings (SSSR count). The fourth-order valence-electron chi connectivity index (χ4n) is 1.24. The average Bonchev–Trinajstić information content (AvgIpc) is 2.19. The van der Waals surface area contributed by atoms with Gasteiger partial charge in [-0.1, -0.05) is 31.2 Å². The lowest BCUT2D eigenvalue weighted by Gasteiger charge is -2.04. The lowest BCUT2D eigenvalue weighted by Crippen LogP contribution is -2.18. The zero-order chi connectivity index (χ0) is 10.6. The molecule has 0 bridgehead atoms. The number of ketones is 1. The molecule has 2 nitrogen and oxygen atoms in total. The van der Waals surface area contributed by atoms with Gasteiger partial charge in [0.25, 0.3) is 0 Å². The molecule has 1 unspecified atom stereocenters. The van der Waals surface area contributed by atoms with Gasteiger partial charge >= 0.3 is 0 Å². The number of benzene rings is 1. The summed E-state index contributed by atoms with van der Waals surface area (Å²) in [7, 11) is 0. The normalized spacial score (nSPS) is 12.5. The van der Waals surface area contributed by atoms with Crippen LogP contribution in [0, 0.1) is 0 Å². The molecule has 0 aliphatic carbocycles. The number of rotatable bonds is 4. The first-order chi connectivity index (χ1) is 6.63. The van der Waals surface area contributed by atoms with Crippen LogP contribution in [0.15, 0.2) is 24.3 Å². The molecule has 0 amide bonds. The van der Waals surface area contributed by atoms with E-state index in [-0.39, 0.29) is 5.78 Å². The lowest BCUT2D eigenvalue weighted by atomic mass is 10.0. The molecule has 1 N–H and O–H groups in total. The van der Waals surface area contributed by atoms with Gasteiger partial charge in [-0.2, -0.15) is 0 Å². The number of Topliss-reactive ketones (excluding diaryl/α,β-unsaturated/α-hetero) is 1. The van der Waals surface area contributed by atoms with Crippen LogP contribution in [-0.2, 0) is 17.6 Å². The van der Waals surface area contributed by atoms with Crippen molar-refractivity contribution in [3.05, 3.63) is 35.4 Å². The number of hydrogen-bond donors (Lipinski definition) is 1. The summed E-state index contributed by atoms with van der Waals surface area (Å²) in [6.07, 6.45) is 0.465. The Kier molecular flexibility index (Phi) is 3.84. The summed E-state index contributed by atoms with van der Waals surface area (Å²) in [5, 5.41) is 9.03. The quantitative estimate of drug-likeness (QED) is 0.789. The number of carbonyl (C=O) groups excluding carboxylic acids is 1. The number of hydrogen-bond acceptors (Lipinski definition) is 2. The Bertz CT molecular complexity index is 299. The van der Waals surface area contributed by atoms with Gasteiger partial charge in [0.1, 0.15) is 6.10 Å². The minimum Gasteiger partial charge on any atom is -0.386 e. The Morgan fingerprint density at radius 3 is 2.21 bits per heavy atom. The average molecular weight is 192 g/mol. The second-order valence-electron chi connectivity index (χ2n) is 3.49. The fourth-order valence-corrected chi connectivity index (χ4v) is 1.24. The van der Waals surface area contributed by atoms with E-state index in [4.69, 9.17) is 5.11 Å². The summed E-state index contributed by atoms with van der Waals surface area (Å²) in [4.78, 5) is 11.2. The van der Waals surface area contributed by atoms with Gasteiger partial charge in [-0.15, -0.1) is 0 Å². The molecular formula is C12H16O2. The maximum absolute atomic E-state index is 11.2. The third-order valence-electron chi connectivity index (χ3n) is 2.28. The summed E-state index contributed by atoms with van der Waals surface area (Å²) in [6, 6.07) is 7.92. The Hall–Kier alpha value is -1.15. The van der Waals surface area contributed by atoms with Gasteiger partial charge in [0.15, 0.2) is 5.78 Å². The van der Waals surface area contributed by atoms with Crippen molar-refractivity contribution in [1.29, 1.82) is 0 Å². The van der Waals surface area contributed by atoms with Crippen molar-refractivity contribution < 1.29 is 9.90 Å². The van der Waals surface area contributed by atoms with E-state index in [9.17, 15) is 4.79 Å². The van der Waals surface area contributed by atoms with Gasteiger partial charge in [0.2, 0.25) is 0 Å². The molecule has 76 valence electrons. The van der Waals surface area contributed by atoms with Gasteiger partial charge in [-0.05, 0) is 24.5 Å². The first-order valence-electron chi connectivity index (χ1n) is 4.92. The van der Waals surface area contributed by atoms with Crippen LogP contribution in [0.25, 0.3) is 0 Å². The fraction of sp³-hybridized carbons (Fsp3) is 0.417. The molecule has 0 radical (unpaired) electrons. The molecule has 0 aliphatic heterocycles. The van der Waals surface area contributed by atoms with Crippen LogP contribution in [0.2, 0.25) is 0 Å². The summed E-state index contributed by atoms with van der Waals surface area (Å²) in [5.74, 6) is -0.130. The van der Waals surface area contributed by atoms with Crippen molar-refractivity contribution in [1.82, 2.24) is 0 Å². The predicted octanol–water partition coefficient (Wildman–Crippen LogP) is 1.74. The minimum atomic E-state index is -0.860. The minimum absolute atomic E-state index is 0.130. The molecular weight excluding hydrogens is 176 g/mol. The third kappa shape index (κ3) is 2.96. The highest BCUT2D eigenvalue weighted by Crippen LogP contribution is 2.06. The summed E-state index contributed by atoms with van der Waals surface area (Å²) in [5.41, 5.74) is 2.23. The van der Waals surface area contributed by atoms with Crippen LogP contribution >= 0.6 is 0 Å². The molecule has 1 aromatic carbocycles. The standard InChI is InChI=1S/C12H16O2/c1-3-10-4-6-11(7-5-10)8-12(14)9(2)13/h4-7,9,13H,3,8H2,1-2H3. The SMILES string of the molecule is CCc1ccc(CC(=O)C(C)O)cc1. The zero-order valence-corrected chi connectivity index (χ0v) is 8.66. The van der Waals surface area contributed by atoms with Crippen molar-refractivity contribution in [3.8, 4) is 0 Å². The van der Waals surface area contributed by atoms with E-state index in [1.807, 2.05) is 24.3 Å². The third-order valence-corrected chi connectivity index (χ3v) is 2.28. The van der Waals surface area contributed by atoms with E-state index in [1.54, 1.807) is 0 Å². The van der Waals surface area contributed by atoms with Gasteiger partial charge in [0.05, 0.1) is 0 Å². The van der Waals surface area contributed by atoms with Gasteiger partial charge in [0, 0.05) is 6.42 Å². The predicted molar refractivity (Wildman–Crippen MR) is 56.2 cm³/mol. The summed E-state index contributed by atoms with van der Waals surface area (Å²) in [6.45, 7) is 3.60.